The van der Waals surface area contributed by atoms with E-state index in [1.807, 2.05) is 12.4 Å². The van der Waals surface area contributed by atoms with E-state index in [1.54, 1.807) is 0 Å². The van der Waals surface area contributed by atoms with E-state index in [2.05, 4.69) is 23.8 Å². The second-order valence-electron chi connectivity index (χ2n) is 3.30. The third-order valence-electron chi connectivity index (χ3n) is 2.31. The molecule has 2 nitrogen and oxygen atoms in total. The lowest BCUT2D eigenvalue weighted by molar-refractivity contribution is 0.454. The van der Waals surface area contributed by atoms with Crippen LogP contribution in [-0.2, 0) is 6.42 Å². The predicted octanol–water partition coefficient (Wildman–Crippen LogP) is 2.78. The molecule has 0 aliphatic carbocycles. The molecule has 1 heterocycles. The molecule has 1 rings (SSSR count). The van der Waals surface area contributed by atoms with Gasteiger partial charge in [0.25, 0.3) is 0 Å². The minimum Gasteiger partial charge on any atom is -0.349 e. The lowest BCUT2D eigenvalue weighted by Gasteiger charge is -2.10. The highest BCUT2D eigenvalue weighted by Gasteiger charge is 2.06. The maximum Gasteiger partial charge on any atom is 0.106 e. The van der Waals surface area contributed by atoms with Crippen molar-refractivity contribution in [1.29, 1.82) is 0 Å². The molecule has 0 aliphatic rings. The standard InChI is InChI=1S/C10H18N2/c1-3-5-9(4-2)8-10-11-6-7-12-10/h6-7,9H,3-5,8H2,1-2H3,(H,11,12). The fraction of sp³-hybridized carbons (Fsp3) is 0.700. The topological polar surface area (TPSA) is 28.7 Å². The molecular weight excluding hydrogens is 148 g/mol. The highest BCUT2D eigenvalue weighted by atomic mass is 14.9. The van der Waals surface area contributed by atoms with Crippen LogP contribution in [-0.4, -0.2) is 9.97 Å². The van der Waals surface area contributed by atoms with Crippen LogP contribution in [0.15, 0.2) is 12.4 Å². The number of hydrogen-bond acceptors (Lipinski definition) is 1. The maximum absolute atomic E-state index is 4.23. The normalized spacial score (nSPS) is 13.2. The van der Waals surface area contributed by atoms with E-state index in [0.717, 1.165) is 18.2 Å². The zero-order valence-corrected chi connectivity index (χ0v) is 8.01. The van der Waals surface area contributed by atoms with E-state index in [9.17, 15) is 0 Å². The van der Waals surface area contributed by atoms with Crippen molar-refractivity contribution in [3.63, 3.8) is 0 Å². The monoisotopic (exact) mass is 166 g/mol. The third-order valence-corrected chi connectivity index (χ3v) is 2.31. The fourth-order valence-electron chi connectivity index (χ4n) is 1.54. The van der Waals surface area contributed by atoms with E-state index < -0.39 is 0 Å². The molecule has 0 radical (unpaired) electrons. The molecule has 12 heavy (non-hydrogen) atoms. The molecule has 0 saturated heterocycles. The number of nitrogens with one attached hydrogen (secondary N) is 1. The summed E-state index contributed by atoms with van der Waals surface area (Å²) in [4.78, 5) is 7.38. The Morgan fingerprint density at radius 1 is 1.50 bits per heavy atom. The predicted molar refractivity (Wildman–Crippen MR) is 51.0 cm³/mol. The molecule has 0 amide bonds. The van der Waals surface area contributed by atoms with Crippen LogP contribution in [0.2, 0.25) is 0 Å². The Morgan fingerprint density at radius 3 is 2.83 bits per heavy atom. The Labute approximate surface area is 74.4 Å². The number of aromatic nitrogens is 2. The summed E-state index contributed by atoms with van der Waals surface area (Å²) >= 11 is 0. The SMILES string of the molecule is CCCC(CC)Cc1ncc[nH]1. The maximum atomic E-state index is 4.23. The Balaban J connectivity index is 2.37. The van der Waals surface area contributed by atoms with E-state index in [1.165, 1.54) is 19.3 Å². The molecule has 1 N–H and O–H groups in total. The number of hydrogen-bond donors (Lipinski definition) is 1. The Kier molecular flexibility index (Phi) is 3.85. The molecule has 0 saturated carbocycles. The molecule has 0 fully saturated rings. The van der Waals surface area contributed by atoms with Crippen molar-refractivity contribution in [3.05, 3.63) is 18.2 Å². The summed E-state index contributed by atoms with van der Waals surface area (Å²) in [6, 6.07) is 0. The zero-order chi connectivity index (χ0) is 8.81. The van der Waals surface area contributed by atoms with Crippen molar-refractivity contribution < 1.29 is 0 Å². The summed E-state index contributed by atoms with van der Waals surface area (Å²) in [5.74, 6) is 1.94. The lowest BCUT2D eigenvalue weighted by atomic mass is 9.97. The first kappa shape index (κ1) is 9.30. The smallest absolute Gasteiger partial charge is 0.106 e. The molecule has 1 aromatic rings. The van der Waals surface area contributed by atoms with Crippen LogP contribution in [0.3, 0.4) is 0 Å². The van der Waals surface area contributed by atoms with Crippen LogP contribution in [0.4, 0.5) is 0 Å². The van der Waals surface area contributed by atoms with Gasteiger partial charge in [-0.3, -0.25) is 0 Å². The molecule has 1 aromatic heterocycles. The number of rotatable bonds is 5. The van der Waals surface area contributed by atoms with Gasteiger partial charge >= 0.3 is 0 Å². The molecule has 0 bridgehead atoms. The van der Waals surface area contributed by atoms with E-state index in [-0.39, 0.29) is 0 Å². The van der Waals surface area contributed by atoms with Gasteiger partial charge in [0, 0.05) is 18.8 Å². The molecule has 68 valence electrons. The molecule has 0 aliphatic heterocycles. The van der Waals surface area contributed by atoms with Crippen LogP contribution in [0, 0.1) is 5.92 Å². The van der Waals surface area contributed by atoms with Crippen LogP contribution < -0.4 is 0 Å². The molecule has 1 atom stereocenters. The van der Waals surface area contributed by atoms with Gasteiger partial charge in [-0.15, -0.1) is 0 Å². The number of H-pyrrole nitrogens is 1. The Bertz CT molecular complexity index is 192. The van der Waals surface area contributed by atoms with Crippen LogP contribution in [0.25, 0.3) is 0 Å². The van der Waals surface area contributed by atoms with Gasteiger partial charge in [-0.25, -0.2) is 4.98 Å². The molecule has 2 heteroatoms. The number of aromatic amines is 1. The second-order valence-corrected chi connectivity index (χ2v) is 3.30. The molecule has 1 unspecified atom stereocenters. The largest absolute Gasteiger partial charge is 0.349 e. The average molecular weight is 166 g/mol. The molecular formula is C10H18N2. The van der Waals surface area contributed by atoms with Crippen molar-refractivity contribution in [3.8, 4) is 0 Å². The quantitative estimate of drug-likeness (QED) is 0.716. The first-order valence-corrected chi connectivity index (χ1v) is 4.85. The third kappa shape index (κ3) is 2.68. The number of nitrogens with zero attached hydrogens (tertiary/aromatic N) is 1. The Hall–Kier alpha value is -0.790. The van der Waals surface area contributed by atoms with Crippen molar-refractivity contribution in [2.45, 2.75) is 39.5 Å². The summed E-state index contributed by atoms with van der Waals surface area (Å²) in [5, 5.41) is 0. The van der Waals surface area contributed by atoms with Crippen molar-refractivity contribution in [2.75, 3.05) is 0 Å². The lowest BCUT2D eigenvalue weighted by Crippen LogP contribution is -2.04. The van der Waals surface area contributed by atoms with Crippen molar-refractivity contribution in [1.82, 2.24) is 9.97 Å². The van der Waals surface area contributed by atoms with Gasteiger partial charge in [-0.1, -0.05) is 33.1 Å². The van der Waals surface area contributed by atoms with Gasteiger partial charge in [0.1, 0.15) is 5.82 Å². The van der Waals surface area contributed by atoms with E-state index >= 15 is 0 Å². The zero-order valence-electron chi connectivity index (χ0n) is 8.01. The average Bonchev–Trinajstić information content (AvgIpc) is 2.56. The van der Waals surface area contributed by atoms with Gasteiger partial charge < -0.3 is 4.98 Å². The number of imidazole rings is 1. The van der Waals surface area contributed by atoms with Crippen LogP contribution in [0.5, 0.6) is 0 Å². The van der Waals surface area contributed by atoms with Gasteiger partial charge in [-0.05, 0) is 5.92 Å². The highest BCUT2D eigenvalue weighted by Crippen LogP contribution is 2.14. The van der Waals surface area contributed by atoms with Gasteiger partial charge in [0.2, 0.25) is 0 Å². The minimum atomic E-state index is 0.807. The second kappa shape index (κ2) is 4.96. The van der Waals surface area contributed by atoms with Crippen molar-refractivity contribution >= 4 is 0 Å². The van der Waals surface area contributed by atoms with E-state index in [4.69, 9.17) is 0 Å². The summed E-state index contributed by atoms with van der Waals surface area (Å²) in [5.41, 5.74) is 0. The van der Waals surface area contributed by atoms with Gasteiger partial charge in [0.15, 0.2) is 0 Å². The summed E-state index contributed by atoms with van der Waals surface area (Å²) in [7, 11) is 0. The van der Waals surface area contributed by atoms with Crippen LogP contribution >= 0.6 is 0 Å². The molecule has 0 spiro atoms. The van der Waals surface area contributed by atoms with Gasteiger partial charge in [0.05, 0.1) is 0 Å². The summed E-state index contributed by atoms with van der Waals surface area (Å²) in [6.45, 7) is 4.49. The Morgan fingerprint density at radius 2 is 2.33 bits per heavy atom. The van der Waals surface area contributed by atoms with Gasteiger partial charge in [-0.2, -0.15) is 0 Å². The minimum absolute atomic E-state index is 0.807. The first-order chi connectivity index (χ1) is 5.86. The van der Waals surface area contributed by atoms with Crippen LogP contribution in [0.1, 0.15) is 38.9 Å². The first-order valence-electron chi connectivity index (χ1n) is 4.85. The van der Waals surface area contributed by atoms with Crippen molar-refractivity contribution in [2.24, 2.45) is 5.92 Å². The highest BCUT2D eigenvalue weighted by molar-refractivity contribution is 4.88. The fourth-order valence-corrected chi connectivity index (χ4v) is 1.54. The van der Waals surface area contributed by atoms with E-state index in [0.29, 0.717) is 0 Å². The summed E-state index contributed by atoms with van der Waals surface area (Å²) < 4.78 is 0. The summed E-state index contributed by atoms with van der Waals surface area (Å²) in [6.07, 6.45) is 8.68. The molecule has 0 aromatic carbocycles.